The van der Waals surface area contributed by atoms with Crippen molar-refractivity contribution in [2.24, 2.45) is 0 Å². The minimum absolute atomic E-state index is 0.395. The molecule has 1 heterocycles. The van der Waals surface area contributed by atoms with E-state index in [4.69, 9.17) is 9.47 Å². The number of rotatable bonds is 3. The van der Waals surface area contributed by atoms with Gasteiger partial charge in [-0.2, -0.15) is 0 Å². The van der Waals surface area contributed by atoms with Crippen LogP contribution < -0.4 is 0 Å². The van der Waals surface area contributed by atoms with Gasteiger partial charge in [-0.1, -0.05) is 0 Å². The monoisotopic (exact) mass is 168 g/mol. The topological polar surface area (TPSA) is 44.2 Å². The van der Waals surface area contributed by atoms with Gasteiger partial charge in [-0.05, 0) is 12.5 Å². The van der Waals surface area contributed by atoms with Crippen LogP contribution in [0.3, 0.4) is 0 Å². The van der Waals surface area contributed by atoms with Gasteiger partial charge in [0.15, 0.2) is 0 Å². The molecule has 0 radical (unpaired) electrons. The second-order valence-electron chi connectivity index (χ2n) is 2.39. The third kappa shape index (κ3) is 1.78. The van der Waals surface area contributed by atoms with Crippen molar-refractivity contribution in [3.05, 3.63) is 23.8 Å². The number of ether oxygens (including phenoxy) is 2. The zero-order valence-corrected chi connectivity index (χ0v) is 7.44. The zero-order valence-electron chi connectivity index (χ0n) is 7.44. The standard InChI is InChI=1S/C8H12N2O2/c1-6-4-9-5-10-7(6)8(11-2)12-3/h4-5,8H,1-3H3. The van der Waals surface area contributed by atoms with Crippen molar-refractivity contribution in [1.82, 2.24) is 9.97 Å². The molecule has 0 saturated heterocycles. The fourth-order valence-corrected chi connectivity index (χ4v) is 0.975. The Kier molecular flexibility index (Phi) is 3.13. The average Bonchev–Trinajstić information content (AvgIpc) is 2.10. The molecule has 4 nitrogen and oxygen atoms in total. The van der Waals surface area contributed by atoms with E-state index in [1.165, 1.54) is 6.33 Å². The maximum absolute atomic E-state index is 5.05. The highest BCUT2D eigenvalue weighted by Crippen LogP contribution is 2.16. The lowest BCUT2D eigenvalue weighted by molar-refractivity contribution is -0.109. The van der Waals surface area contributed by atoms with E-state index in [1.54, 1.807) is 20.4 Å². The fraction of sp³-hybridized carbons (Fsp3) is 0.500. The Labute approximate surface area is 71.6 Å². The van der Waals surface area contributed by atoms with E-state index in [0.29, 0.717) is 0 Å². The van der Waals surface area contributed by atoms with Gasteiger partial charge in [0, 0.05) is 20.4 Å². The van der Waals surface area contributed by atoms with E-state index in [1.807, 2.05) is 6.92 Å². The molecule has 0 aromatic carbocycles. The minimum Gasteiger partial charge on any atom is -0.350 e. The predicted octanol–water partition coefficient (Wildman–Crippen LogP) is 1.08. The first-order valence-corrected chi connectivity index (χ1v) is 3.61. The lowest BCUT2D eigenvalue weighted by Crippen LogP contribution is -2.08. The molecule has 0 fully saturated rings. The van der Waals surface area contributed by atoms with Gasteiger partial charge in [0.25, 0.3) is 0 Å². The molecular weight excluding hydrogens is 156 g/mol. The lowest BCUT2D eigenvalue weighted by atomic mass is 10.2. The first-order valence-electron chi connectivity index (χ1n) is 3.61. The fourth-order valence-electron chi connectivity index (χ4n) is 0.975. The van der Waals surface area contributed by atoms with Crippen molar-refractivity contribution < 1.29 is 9.47 Å². The molecular formula is C8H12N2O2. The number of hydrogen-bond donors (Lipinski definition) is 0. The van der Waals surface area contributed by atoms with E-state index in [2.05, 4.69) is 9.97 Å². The molecule has 0 bridgehead atoms. The molecule has 0 amide bonds. The maximum atomic E-state index is 5.05. The van der Waals surface area contributed by atoms with Crippen LogP contribution in [0.15, 0.2) is 12.5 Å². The number of nitrogens with zero attached hydrogens (tertiary/aromatic N) is 2. The van der Waals surface area contributed by atoms with E-state index >= 15 is 0 Å². The first-order chi connectivity index (χ1) is 5.79. The highest BCUT2D eigenvalue weighted by atomic mass is 16.7. The Hall–Kier alpha value is -1.00. The van der Waals surface area contributed by atoms with E-state index < -0.39 is 6.29 Å². The molecule has 66 valence electrons. The van der Waals surface area contributed by atoms with Gasteiger partial charge in [-0.3, -0.25) is 0 Å². The third-order valence-corrected chi connectivity index (χ3v) is 1.59. The van der Waals surface area contributed by atoms with Crippen LogP contribution in [0.1, 0.15) is 17.5 Å². The lowest BCUT2D eigenvalue weighted by Gasteiger charge is -2.13. The summed E-state index contributed by atoms with van der Waals surface area (Å²) in [5, 5.41) is 0. The Morgan fingerprint density at radius 1 is 1.33 bits per heavy atom. The van der Waals surface area contributed by atoms with Crippen molar-refractivity contribution >= 4 is 0 Å². The van der Waals surface area contributed by atoms with Crippen LogP contribution in [0.2, 0.25) is 0 Å². The largest absolute Gasteiger partial charge is 0.350 e. The van der Waals surface area contributed by atoms with Gasteiger partial charge in [0.05, 0.1) is 0 Å². The van der Waals surface area contributed by atoms with Gasteiger partial charge in [-0.15, -0.1) is 0 Å². The molecule has 0 atom stereocenters. The van der Waals surface area contributed by atoms with E-state index in [9.17, 15) is 0 Å². The number of methoxy groups -OCH3 is 2. The second kappa shape index (κ2) is 4.13. The Morgan fingerprint density at radius 2 is 2.00 bits per heavy atom. The number of aromatic nitrogens is 2. The highest BCUT2D eigenvalue weighted by Gasteiger charge is 2.12. The SMILES string of the molecule is COC(OC)c1ncncc1C. The molecule has 1 aromatic heterocycles. The molecule has 1 rings (SSSR count). The van der Waals surface area contributed by atoms with Gasteiger partial charge < -0.3 is 9.47 Å². The summed E-state index contributed by atoms with van der Waals surface area (Å²) in [7, 11) is 3.16. The smallest absolute Gasteiger partial charge is 0.200 e. The van der Waals surface area contributed by atoms with Crippen molar-refractivity contribution in [3.63, 3.8) is 0 Å². The molecule has 0 aliphatic carbocycles. The highest BCUT2D eigenvalue weighted by molar-refractivity contribution is 5.14. The Morgan fingerprint density at radius 3 is 2.50 bits per heavy atom. The summed E-state index contributed by atoms with van der Waals surface area (Å²) in [4.78, 5) is 7.93. The summed E-state index contributed by atoms with van der Waals surface area (Å²) in [5.41, 5.74) is 1.74. The molecule has 0 aliphatic rings. The predicted molar refractivity (Wildman–Crippen MR) is 43.5 cm³/mol. The van der Waals surface area contributed by atoms with Gasteiger partial charge in [0.1, 0.15) is 12.0 Å². The van der Waals surface area contributed by atoms with Crippen molar-refractivity contribution in [3.8, 4) is 0 Å². The van der Waals surface area contributed by atoms with Gasteiger partial charge >= 0.3 is 0 Å². The van der Waals surface area contributed by atoms with Crippen LogP contribution in [0.4, 0.5) is 0 Å². The van der Waals surface area contributed by atoms with Crippen molar-refractivity contribution in [2.45, 2.75) is 13.2 Å². The molecule has 0 N–H and O–H groups in total. The molecule has 4 heteroatoms. The molecule has 1 aromatic rings. The van der Waals surface area contributed by atoms with Gasteiger partial charge in [0.2, 0.25) is 6.29 Å². The van der Waals surface area contributed by atoms with E-state index in [-0.39, 0.29) is 0 Å². The van der Waals surface area contributed by atoms with Crippen LogP contribution in [0.25, 0.3) is 0 Å². The van der Waals surface area contributed by atoms with Crippen LogP contribution in [-0.2, 0) is 9.47 Å². The number of aryl methyl sites for hydroxylation is 1. The maximum Gasteiger partial charge on any atom is 0.200 e. The summed E-state index contributed by atoms with van der Waals surface area (Å²) < 4.78 is 10.1. The zero-order chi connectivity index (χ0) is 8.97. The van der Waals surface area contributed by atoms with Crippen LogP contribution in [0, 0.1) is 6.92 Å². The molecule has 12 heavy (non-hydrogen) atoms. The summed E-state index contributed by atoms with van der Waals surface area (Å²) in [5.74, 6) is 0. The number of hydrogen-bond acceptors (Lipinski definition) is 4. The molecule has 0 unspecified atom stereocenters. The normalized spacial score (nSPS) is 10.7. The average molecular weight is 168 g/mol. The Balaban J connectivity index is 2.92. The van der Waals surface area contributed by atoms with Gasteiger partial charge in [-0.25, -0.2) is 9.97 Å². The van der Waals surface area contributed by atoms with Crippen LogP contribution in [0.5, 0.6) is 0 Å². The summed E-state index contributed by atoms with van der Waals surface area (Å²) >= 11 is 0. The van der Waals surface area contributed by atoms with Crippen molar-refractivity contribution in [2.75, 3.05) is 14.2 Å². The molecule has 0 aliphatic heterocycles. The summed E-state index contributed by atoms with van der Waals surface area (Å²) in [6, 6.07) is 0. The van der Waals surface area contributed by atoms with Crippen LogP contribution >= 0.6 is 0 Å². The summed E-state index contributed by atoms with van der Waals surface area (Å²) in [6.07, 6.45) is 2.81. The first kappa shape index (κ1) is 9.09. The third-order valence-electron chi connectivity index (χ3n) is 1.59. The quantitative estimate of drug-likeness (QED) is 0.633. The molecule has 0 spiro atoms. The van der Waals surface area contributed by atoms with Crippen molar-refractivity contribution in [1.29, 1.82) is 0 Å². The molecule has 0 saturated carbocycles. The van der Waals surface area contributed by atoms with Crippen LogP contribution in [-0.4, -0.2) is 24.2 Å². The minimum atomic E-state index is -0.395. The Bertz CT molecular complexity index is 249. The van der Waals surface area contributed by atoms with E-state index in [0.717, 1.165) is 11.3 Å². The summed E-state index contributed by atoms with van der Waals surface area (Å²) in [6.45, 7) is 1.92. The second-order valence-corrected chi connectivity index (χ2v) is 2.39.